The molecule has 3 unspecified atom stereocenters. The van der Waals surface area contributed by atoms with Crippen LogP contribution in [0.4, 0.5) is 0 Å². The molecule has 7 heteroatoms. The molecule has 3 aliphatic rings. The fourth-order valence-electron chi connectivity index (χ4n) is 11.4. The summed E-state index contributed by atoms with van der Waals surface area (Å²) in [5, 5.41) is 38.4. The van der Waals surface area contributed by atoms with E-state index >= 15 is 0 Å². The molecule has 0 fully saturated rings. The SMILES string of the molecule is CC(C)CNC1CCc2ccccc21.CC(C)CNC1Cc2ccccc2C1.CC(C)CNC1c2ccccc2CC1O.CCCNCC(C)C.CCCNCC(C)C.CCNCC(C)C.c1ccc2ccccc2c1.c1ccc2ccccc2c1.c1ccc2ccccc2c1. The second-order valence-electron chi connectivity index (χ2n) is 28.5. The van der Waals surface area contributed by atoms with Gasteiger partial charge in [0, 0.05) is 18.5 Å². The lowest BCUT2D eigenvalue weighted by atomic mass is 10.1. The molecule has 0 saturated heterocycles. The maximum atomic E-state index is 9.96. The van der Waals surface area contributed by atoms with E-state index in [9.17, 15) is 5.11 Å². The number of hydrogen-bond donors (Lipinski definition) is 7. The van der Waals surface area contributed by atoms with E-state index in [1.54, 1.807) is 0 Å². The predicted molar refractivity (Wildman–Crippen MR) is 424 cm³/mol. The third-order valence-electron chi connectivity index (χ3n) is 16.5. The van der Waals surface area contributed by atoms with E-state index in [-0.39, 0.29) is 12.1 Å². The molecular formula is C89H130N6O. The van der Waals surface area contributed by atoms with Gasteiger partial charge in [0.05, 0.1) is 12.1 Å². The van der Waals surface area contributed by atoms with Gasteiger partial charge in [-0.15, -0.1) is 0 Å². The molecule has 7 nitrogen and oxygen atoms in total. The Labute approximate surface area is 585 Å². The molecule has 3 atom stereocenters. The van der Waals surface area contributed by atoms with Gasteiger partial charge in [-0.3, -0.25) is 0 Å². The van der Waals surface area contributed by atoms with Gasteiger partial charge in [0.2, 0.25) is 0 Å². The standard InChI is InChI=1S/C13H19NO.2C13H19N.3C10H8.2C7H17N.C6H15N/c1-9(2)8-14-13-11-6-4-3-5-10(11)7-12(13)15;1-10(2)9-14-13-7-11-5-3-4-6-12(11)8-13;1-10(2)9-14-13-8-7-11-5-3-4-6-12(11)13;3*1-2-6-10-8-4-3-7-9(10)5-1;2*1-4-5-8-6-7(2)3;1-4-7-5-6(2)3/h3-6,9,12-15H,7-8H2,1-2H3;2*3-6,10,13-14H,7-9H2,1-2H3;3*1-8H;2*7-8H,4-6H2,1-3H3;6-7H,4-5H2,1-3H3. The normalized spacial score (nSPS) is 14.8. The van der Waals surface area contributed by atoms with Crippen LogP contribution >= 0.6 is 0 Å². The first-order valence-corrected chi connectivity index (χ1v) is 37.0. The zero-order valence-electron chi connectivity index (χ0n) is 62.3. The lowest BCUT2D eigenvalue weighted by Crippen LogP contribution is -2.32. The van der Waals surface area contributed by atoms with Crippen molar-refractivity contribution in [2.45, 2.75) is 173 Å². The first-order chi connectivity index (χ1) is 46.4. The van der Waals surface area contributed by atoms with Crippen LogP contribution < -0.4 is 31.9 Å². The van der Waals surface area contributed by atoms with E-state index in [2.05, 4.69) is 342 Å². The Hall–Kier alpha value is -6.52. The molecule has 0 saturated carbocycles. The maximum Gasteiger partial charge on any atom is 0.0775 e. The molecule has 7 N–H and O–H groups in total. The molecule has 96 heavy (non-hydrogen) atoms. The third kappa shape index (κ3) is 34.1. The summed E-state index contributed by atoms with van der Waals surface area (Å²) < 4.78 is 0. The summed E-state index contributed by atoms with van der Waals surface area (Å²) in [4.78, 5) is 0. The Morgan fingerprint density at radius 1 is 0.323 bits per heavy atom. The van der Waals surface area contributed by atoms with Crippen LogP contribution in [0.15, 0.2) is 218 Å². The Bertz CT molecular complexity index is 2980. The molecule has 522 valence electrons. The Balaban J connectivity index is 0.000000232. The molecule has 9 aromatic rings. The Kier molecular flexibility index (Phi) is 41.9. The van der Waals surface area contributed by atoms with Crippen molar-refractivity contribution in [2.75, 3.05) is 58.9 Å². The van der Waals surface area contributed by atoms with Crippen molar-refractivity contribution in [1.82, 2.24) is 31.9 Å². The summed E-state index contributed by atoms with van der Waals surface area (Å²) in [5.74, 6) is 4.48. The van der Waals surface area contributed by atoms with Crippen molar-refractivity contribution in [3.63, 3.8) is 0 Å². The molecule has 0 heterocycles. The van der Waals surface area contributed by atoms with E-state index in [0.29, 0.717) is 18.0 Å². The van der Waals surface area contributed by atoms with Crippen LogP contribution in [0.3, 0.4) is 0 Å². The highest BCUT2D eigenvalue weighted by molar-refractivity contribution is 5.83. The minimum Gasteiger partial charge on any atom is -0.391 e. The van der Waals surface area contributed by atoms with Crippen LogP contribution in [0.1, 0.15) is 169 Å². The molecule has 3 aliphatic carbocycles. The van der Waals surface area contributed by atoms with Crippen molar-refractivity contribution in [2.24, 2.45) is 35.5 Å². The van der Waals surface area contributed by atoms with Crippen molar-refractivity contribution < 1.29 is 5.11 Å². The molecule has 0 aliphatic heterocycles. The first-order valence-electron chi connectivity index (χ1n) is 37.0. The molecule has 12 rings (SSSR count). The smallest absolute Gasteiger partial charge is 0.0775 e. The van der Waals surface area contributed by atoms with Crippen LogP contribution in [-0.4, -0.2) is 76.2 Å². The Morgan fingerprint density at radius 2 is 0.625 bits per heavy atom. The number of fused-ring (bicyclic) bond motifs is 6. The highest BCUT2D eigenvalue weighted by atomic mass is 16.3. The fraction of sp³-hybridized carbons (Fsp3) is 0.461. The van der Waals surface area contributed by atoms with E-state index in [4.69, 9.17) is 0 Å². The summed E-state index contributed by atoms with van der Waals surface area (Å²) in [6.45, 7) is 43.3. The molecule has 0 spiro atoms. The molecule has 9 aromatic carbocycles. The van der Waals surface area contributed by atoms with Crippen molar-refractivity contribution in [1.29, 1.82) is 0 Å². The van der Waals surface area contributed by atoms with Crippen molar-refractivity contribution >= 4 is 32.3 Å². The van der Waals surface area contributed by atoms with Crippen molar-refractivity contribution in [3.8, 4) is 0 Å². The van der Waals surface area contributed by atoms with Gasteiger partial charge in [-0.05, 0) is 199 Å². The first kappa shape index (κ1) is 81.9. The number of aryl methyl sites for hydroxylation is 1. The van der Waals surface area contributed by atoms with E-state index < -0.39 is 0 Å². The summed E-state index contributed by atoms with van der Waals surface area (Å²) in [5.41, 5.74) is 8.68. The van der Waals surface area contributed by atoms with Gasteiger partial charge < -0.3 is 37.0 Å². The maximum absolute atomic E-state index is 9.96. The minimum absolute atomic E-state index is 0.128. The zero-order chi connectivity index (χ0) is 69.7. The van der Waals surface area contributed by atoms with Crippen molar-refractivity contribution in [3.05, 3.63) is 252 Å². The number of aliphatic hydroxyl groups is 1. The molecule has 0 radical (unpaired) electrons. The molecule has 0 aromatic heterocycles. The average Bonchev–Trinajstić information content (AvgIpc) is 1.69. The van der Waals surface area contributed by atoms with Crippen LogP contribution in [0, 0.1) is 35.5 Å². The third-order valence-corrected chi connectivity index (χ3v) is 16.5. The Morgan fingerprint density at radius 3 is 0.969 bits per heavy atom. The van der Waals surface area contributed by atoms with Gasteiger partial charge in [0.15, 0.2) is 0 Å². The van der Waals surface area contributed by atoms with E-state index in [1.165, 1.54) is 104 Å². The highest BCUT2D eigenvalue weighted by Crippen LogP contribution is 2.32. The second-order valence-corrected chi connectivity index (χ2v) is 28.5. The van der Waals surface area contributed by atoms with Crippen LogP contribution in [0.25, 0.3) is 32.3 Å². The molecule has 0 amide bonds. The lowest BCUT2D eigenvalue weighted by Gasteiger charge is -2.19. The monoisotopic (exact) mass is 1300 g/mol. The minimum atomic E-state index is -0.263. The van der Waals surface area contributed by atoms with Gasteiger partial charge in [-0.1, -0.05) is 322 Å². The van der Waals surface area contributed by atoms with E-state index in [1.807, 2.05) is 12.1 Å². The van der Waals surface area contributed by atoms with Crippen LogP contribution in [0.2, 0.25) is 0 Å². The van der Waals surface area contributed by atoms with Crippen LogP contribution in [-0.2, 0) is 25.7 Å². The average molecular weight is 1300 g/mol. The number of hydrogen-bond acceptors (Lipinski definition) is 7. The number of nitrogens with one attached hydrogen (secondary N) is 6. The lowest BCUT2D eigenvalue weighted by molar-refractivity contribution is 0.139. The number of rotatable bonds is 20. The summed E-state index contributed by atoms with van der Waals surface area (Å²) in [6.07, 6.45) is 7.94. The van der Waals surface area contributed by atoms with Gasteiger partial charge in [0.1, 0.15) is 0 Å². The second kappa shape index (κ2) is 49.1. The van der Waals surface area contributed by atoms with Crippen LogP contribution in [0.5, 0.6) is 0 Å². The quantitative estimate of drug-likeness (QED) is 0.0383. The topological polar surface area (TPSA) is 92.4 Å². The number of benzene rings is 9. The largest absolute Gasteiger partial charge is 0.391 e. The zero-order valence-corrected chi connectivity index (χ0v) is 62.3. The van der Waals surface area contributed by atoms with Gasteiger partial charge in [-0.25, -0.2) is 0 Å². The summed E-state index contributed by atoms with van der Waals surface area (Å²) in [6, 6.07) is 77.5. The summed E-state index contributed by atoms with van der Waals surface area (Å²) in [7, 11) is 0. The van der Waals surface area contributed by atoms with Gasteiger partial charge in [-0.2, -0.15) is 0 Å². The molecular weight excluding hydrogens is 1170 g/mol. The molecule has 0 bridgehead atoms. The number of aliphatic hydroxyl groups excluding tert-OH is 1. The van der Waals surface area contributed by atoms with Gasteiger partial charge in [0.25, 0.3) is 0 Å². The fourth-order valence-corrected chi connectivity index (χ4v) is 11.4. The van der Waals surface area contributed by atoms with E-state index in [0.717, 1.165) is 94.9 Å². The highest BCUT2D eigenvalue weighted by Gasteiger charge is 2.30. The predicted octanol–water partition coefficient (Wildman–Crippen LogP) is 20.3. The van der Waals surface area contributed by atoms with Gasteiger partial charge >= 0.3 is 0 Å². The summed E-state index contributed by atoms with van der Waals surface area (Å²) >= 11 is 0.